The van der Waals surface area contributed by atoms with Gasteiger partial charge in [0.2, 0.25) is 5.91 Å². The number of anilines is 1. The van der Waals surface area contributed by atoms with Crippen LogP contribution in [0.3, 0.4) is 0 Å². The van der Waals surface area contributed by atoms with E-state index in [9.17, 15) is 9.90 Å². The van der Waals surface area contributed by atoms with Crippen LogP contribution >= 0.6 is 11.6 Å². The molecular weight excluding hydrogens is 488 g/mol. The number of aryl methyl sites for hydroxylation is 1. The maximum atomic E-state index is 12.6. The average molecular weight is 515 g/mol. The Labute approximate surface area is 219 Å². The molecule has 0 fully saturated rings. The molecule has 0 bridgehead atoms. The van der Waals surface area contributed by atoms with E-state index in [0.717, 1.165) is 22.0 Å². The first kappa shape index (κ1) is 24.5. The van der Waals surface area contributed by atoms with E-state index in [0.29, 0.717) is 33.2 Å². The highest BCUT2D eigenvalue weighted by molar-refractivity contribution is 6.31. The highest BCUT2D eigenvalue weighted by Crippen LogP contribution is 2.34. The van der Waals surface area contributed by atoms with Crippen LogP contribution in [0.1, 0.15) is 25.0 Å². The molecule has 2 heterocycles. The molecule has 0 radical (unpaired) electrons. The van der Waals surface area contributed by atoms with E-state index in [4.69, 9.17) is 22.3 Å². The van der Waals surface area contributed by atoms with Crippen LogP contribution < -0.4 is 10.6 Å². The molecule has 0 spiro atoms. The second kappa shape index (κ2) is 9.06. The number of carbonyl (C=O) groups excluding carboxylic acids is 1. The number of aromatic nitrogens is 3. The predicted octanol–water partition coefficient (Wildman–Crippen LogP) is 5.28. The molecule has 0 saturated heterocycles. The van der Waals surface area contributed by atoms with Gasteiger partial charge in [0, 0.05) is 35.8 Å². The van der Waals surface area contributed by atoms with Crippen LogP contribution in [-0.2, 0) is 11.8 Å². The number of nitrogens with zero attached hydrogens (tertiary/aromatic N) is 4. The van der Waals surface area contributed by atoms with Gasteiger partial charge in [0.25, 0.3) is 0 Å². The van der Waals surface area contributed by atoms with Gasteiger partial charge >= 0.3 is 0 Å². The molecule has 0 atom stereocenters. The number of aromatic amines is 1. The Bertz CT molecular complexity index is 1680. The summed E-state index contributed by atoms with van der Waals surface area (Å²) in [5.74, 6) is -0.209. The molecule has 188 valence electrons. The van der Waals surface area contributed by atoms with Crippen LogP contribution in [0.2, 0.25) is 5.02 Å². The summed E-state index contributed by atoms with van der Waals surface area (Å²) in [6.45, 7) is 3.35. The Morgan fingerprint density at radius 2 is 1.86 bits per heavy atom. The fourth-order valence-electron chi connectivity index (χ4n) is 4.37. The predicted molar refractivity (Wildman–Crippen MR) is 149 cm³/mol. The van der Waals surface area contributed by atoms with Crippen molar-refractivity contribution in [1.29, 1.82) is 0 Å². The van der Waals surface area contributed by atoms with Crippen molar-refractivity contribution < 1.29 is 9.90 Å². The lowest BCUT2D eigenvalue weighted by atomic mass is 10.00. The fraction of sp³-hybridized carbons (Fsp3) is 0.179. The minimum atomic E-state index is -0.987. The molecule has 0 unspecified atom stereocenters. The van der Waals surface area contributed by atoms with Crippen LogP contribution in [0.5, 0.6) is 5.88 Å². The van der Waals surface area contributed by atoms with Gasteiger partial charge < -0.3 is 25.3 Å². The molecule has 0 aliphatic heterocycles. The number of nitrogens with one attached hydrogen (secondary N) is 1. The number of hydrogen-bond donors (Lipinski definition) is 3. The van der Waals surface area contributed by atoms with Crippen molar-refractivity contribution in [2.45, 2.75) is 19.4 Å². The lowest BCUT2D eigenvalue weighted by Crippen LogP contribution is -2.49. The Kier molecular flexibility index (Phi) is 6.01. The third-order valence-electron chi connectivity index (χ3n) is 6.31. The van der Waals surface area contributed by atoms with E-state index in [1.54, 1.807) is 39.4 Å². The number of H-pyrrole nitrogens is 1. The maximum Gasteiger partial charge on any atom is 0.246 e. The molecule has 2 aromatic heterocycles. The zero-order valence-corrected chi connectivity index (χ0v) is 21.7. The number of likely N-dealkylation sites (N-methyl/N-ethyl adjacent to an activating group) is 1. The second-order valence-electron chi connectivity index (χ2n) is 9.66. The zero-order chi connectivity index (χ0) is 26.5. The molecule has 5 rings (SSSR count). The largest absolute Gasteiger partial charge is 0.494 e. The number of aromatic hydroxyl groups is 1. The molecule has 37 heavy (non-hydrogen) atoms. The molecule has 0 saturated carbocycles. The molecule has 3 aromatic carbocycles. The Morgan fingerprint density at radius 3 is 2.57 bits per heavy atom. The summed E-state index contributed by atoms with van der Waals surface area (Å²) < 4.78 is 1.94. The number of fused-ring (bicyclic) bond motifs is 2. The van der Waals surface area contributed by atoms with Gasteiger partial charge in [-0.3, -0.25) is 4.79 Å². The third kappa shape index (κ3) is 4.57. The third-order valence-corrected chi connectivity index (χ3v) is 6.55. The van der Waals surface area contributed by atoms with E-state index in [2.05, 4.69) is 9.97 Å². The van der Waals surface area contributed by atoms with E-state index >= 15 is 0 Å². The number of nitrogens with two attached hydrogens (primary N) is 1. The monoisotopic (exact) mass is 514 g/mol. The topological polar surface area (TPSA) is 113 Å². The van der Waals surface area contributed by atoms with E-state index in [1.165, 1.54) is 4.90 Å². The summed E-state index contributed by atoms with van der Waals surface area (Å²) >= 11 is 6.19. The minimum Gasteiger partial charge on any atom is -0.494 e. The van der Waals surface area contributed by atoms with Gasteiger partial charge in [-0.15, -0.1) is 0 Å². The van der Waals surface area contributed by atoms with Gasteiger partial charge in [-0.1, -0.05) is 23.7 Å². The number of halogens is 1. The van der Waals surface area contributed by atoms with Crippen LogP contribution in [0.15, 0.2) is 72.0 Å². The maximum absolute atomic E-state index is 12.6. The first-order chi connectivity index (χ1) is 17.5. The summed E-state index contributed by atoms with van der Waals surface area (Å²) in [5, 5.41) is 12.3. The van der Waals surface area contributed by atoms with E-state index in [1.807, 2.05) is 60.1 Å². The molecule has 1 amide bonds. The number of benzene rings is 3. The molecular formula is C28H27ClN6O2. The molecule has 0 aliphatic rings. The van der Waals surface area contributed by atoms with Crippen molar-refractivity contribution >= 4 is 56.5 Å². The van der Waals surface area contributed by atoms with Crippen molar-refractivity contribution in [2.75, 3.05) is 11.9 Å². The van der Waals surface area contributed by atoms with Gasteiger partial charge in [-0.25, -0.2) is 9.98 Å². The van der Waals surface area contributed by atoms with Crippen LogP contribution in [0.4, 0.5) is 11.4 Å². The minimum absolute atomic E-state index is 0.00994. The zero-order valence-electron chi connectivity index (χ0n) is 21.0. The van der Waals surface area contributed by atoms with E-state index < -0.39 is 5.54 Å². The van der Waals surface area contributed by atoms with Crippen LogP contribution in [0, 0.1) is 0 Å². The summed E-state index contributed by atoms with van der Waals surface area (Å²) in [6, 6.07) is 18.6. The molecule has 0 aliphatic carbocycles. The van der Waals surface area contributed by atoms with E-state index in [-0.39, 0.29) is 11.8 Å². The Balaban J connectivity index is 1.65. The Hall–Kier alpha value is -4.14. The standard InChI is InChI=1S/C28H27ClN6O2/c1-28(2,30)27(37)35(4)19-9-7-18(8-10-19)32-25(16-5-12-23-22(13-16)31-15-34(23)3)24-20-11-6-17(29)14-21(20)33-26(24)36/h5-15,33,36H,30H2,1-4H3. The first-order valence-corrected chi connectivity index (χ1v) is 12.1. The second-order valence-corrected chi connectivity index (χ2v) is 10.1. The number of hydrogen-bond acceptors (Lipinski definition) is 5. The fourth-order valence-corrected chi connectivity index (χ4v) is 4.54. The Morgan fingerprint density at radius 1 is 1.14 bits per heavy atom. The lowest BCUT2D eigenvalue weighted by molar-refractivity contribution is -0.122. The van der Waals surface area contributed by atoms with Crippen molar-refractivity contribution in [1.82, 2.24) is 14.5 Å². The highest BCUT2D eigenvalue weighted by atomic mass is 35.5. The molecule has 5 aromatic rings. The number of imidazole rings is 1. The van der Waals surface area contributed by atoms with Crippen molar-refractivity contribution in [3.05, 3.63) is 83.1 Å². The van der Waals surface area contributed by atoms with Gasteiger partial charge in [0.1, 0.15) is 0 Å². The van der Waals surface area contributed by atoms with Gasteiger partial charge in [0.15, 0.2) is 5.88 Å². The normalized spacial score (nSPS) is 12.4. The van der Waals surface area contributed by atoms with Crippen molar-refractivity contribution in [2.24, 2.45) is 17.8 Å². The molecule has 9 heteroatoms. The first-order valence-electron chi connectivity index (χ1n) is 11.7. The summed E-state index contributed by atoms with van der Waals surface area (Å²) in [4.78, 5) is 26.6. The number of rotatable bonds is 5. The lowest BCUT2D eigenvalue weighted by Gasteiger charge is -2.25. The summed E-state index contributed by atoms with van der Waals surface area (Å²) in [5.41, 5.74) is 10.8. The average Bonchev–Trinajstić information content (AvgIpc) is 3.39. The SMILES string of the molecule is CN(C(=O)C(C)(C)N)c1ccc(N=C(c2ccc3c(c2)ncn3C)c2c(O)[nH]c3cc(Cl)ccc23)cc1. The number of carbonyl (C=O) groups is 1. The number of amides is 1. The van der Waals surface area contributed by atoms with Crippen molar-refractivity contribution in [3.8, 4) is 5.88 Å². The van der Waals surface area contributed by atoms with Crippen LogP contribution in [0.25, 0.3) is 21.9 Å². The smallest absolute Gasteiger partial charge is 0.246 e. The quantitative estimate of drug-likeness (QED) is 0.277. The summed E-state index contributed by atoms with van der Waals surface area (Å²) in [7, 11) is 3.63. The van der Waals surface area contributed by atoms with Gasteiger partial charge in [-0.05, 0) is 62.4 Å². The molecule has 4 N–H and O–H groups in total. The highest BCUT2D eigenvalue weighted by Gasteiger charge is 2.26. The van der Waals surface area contributed by atoms with Crippen molar-refractivity contribution in [3.63, 3.8) is 0 Å². The van der Waals surface area contributed by atoms with Gasteiger partial charge in [0.05, 0.1) is 45.4 Å². The van der Waals surface area contributed by atoms with Crippen LogP contribution in [-0.4, -0.2) is 43.8 Å². The van der Waals surface area contributed by atoms with Gasteiger partial charge in [-0.2, -0.15) is 0 Å². The number of aliphatic imine (C=N–C) groups is 1. The molecule has 8 nitrogen and oxygen atoms in total. The summed E-state index contributed by atoms with van der Waals surface area (Å²) in [6.07, 6.45) is 1.76.